The van der Waals surface area contributed by atoms with E-state index in [2.05, 4.69) is 9.97 Å². The Morgan fingerprint density at radius 3 is 2.47 bits per heavy atom. The Labute approximate surface area is 94.0 Å². The lowest BCUT2D eigenvalue weighted by atomic mass is 10.3. The first-order chi connectivity index (χ1) is 7.25. The van der Waals surface area contributed by atoms with E-state index in [1.165, 1.54) is 11.3 Å². The lowest BCUT2D eigenvalue weighted by molar-refractivity contribution is 1.25. The van der Waals surface area contributed by atoms with Crippen molar-refractivity contribution >= 4 is 17.2 Å². The van der Waals surface area contributed by atoms with E-state index in [1.807, 2.05) is 44.5 Å². The van der Waals surface area contributed by atoms with Crippen molar-refractivity contribution in [3.8, 4) is 10.7 Å². The number of rotatable bonds is 1. The number of aryl methyl sites for hydroxylation is 1. The quantitative estimate of drug-likeness (QED) is 0.805. The highest BCUT2D eigenvalue weighted by Gasteiger charge is 2.02. The van der Waals surface area contributed by atoms with Gasteiger partial charge >= 0.3 is 0 Å². The van der Waals surface area contributed by atoms with Crippen LogP contribution in [0.1, 0.15) is 19.4 Å². The Morgan fingerprint density at radius 2 is 2.00 bits per heavy atom. The molecule has 2 aromatic heterocycles. The van der Waals surface area contributed by atoms with Crippen LogP contribution >= 0.6 is 11.3 Å². The molecule has 0 unspecified atom stereocenters. The standard InChI is InChI=1S/C9H9N3S.C2H6/c1-6-2-3-7(11-4-6)9-12-8(10)5-13-9;1-2/h2-5H,10H2,1H3;1-2H3. The predicted octanol–water partition coefficient (Wildman–Crippen LogP) is 3.12. The highest BCUT2D eigenvalue weighted by Crippen LogP contribution is 2.22. The van der Waals surface area contributed by atoms with Crippen LogP contribution in [0.2, 0.25) is 0 Å². The lowest BCUT2D eigenvalue weighted by Gasteiger charge is -1.94. The Balaban J connectivity index is 0.000000531. The van der Waals surface area contributed by atoms with E-state index in [9.17, 15) is 0 Å². The minimum absolute atomic E-state index is 0.558. The molecule has 0 aliphatic heterocycles. The van der Waals surface area contributed by atoms with Crippen molar-refractivity contribution < 1.29 is 0 Å². The maximum Gasteiger partial charge on any atom is 0.144 e. The number of anilines is 1. The van der Waals surface area contributed by atoms with E-state index < -0.39 is 0 Å². The first kappa shape index (κ1) is 11.7. The second-order valence-corrected chi connectivity index (χ2v) is 3.66. The second-order valence-electron chi connectivity index (χ2n) is 2.80. The lowest BCUT2D eigenvalue weighted by Crippen LogP contribution is -1.85. The molecule has 0 bridgehead atoms. The van der Waals surface area contributed by atoms with Crippen LogP contribution in [0.15, 0.2) is 23.7 Å². The largest absolute Gasteiger partial charge is 0.383 e. The van der Waals surface area contributed by atoms with Crippen LogP contribution < -0.4 is 5.73 Å². The van der Waals surface area contributed by atoms with Crippen molar-refractivity contribution in [2.75, 3.05) is 5.73 Å². The number of hydrogen-bond acceptors (Lipinski definition) is 4. The molecule has 2 aromatic rings. The van der Waals surface area contributed by atoms with Gasteiger partial charge in [0.25, 0.3) is 0 Å². The second kappa shape index (κ2) is 5.46. The Kier molecular flexibility index (Phi) is 4.24. The molecule has 0 atom stereocenters. The molecule has 2 N–H and O–H groups in total. The normalized spacial score (nSPS) is 9.27. The third kappa shape index (κ3) is 3.02. The number of aromatic nitrogens is 2. The summed E-state index contributed by atoms with van der Waals surface area (Å²) >= 11 is 1.51. The predicted molar refractivity (Wildman–Crippen MR) is 65.8 cm³/mol. The minimum Gasteiger partial charge on any atom is -0.383 e. The van der Waals surface area contributed by atoms with E-state index in [1.54, 1.807) is 0 Å². The van der Waals surface area contributed by atoms with Gasteiger partial charge in [-0.3, -0.25) is 4.98 Å². The number of nitrogens with two attached hydrogens (primary N) is 1. The summed E-state index contributed by atoms with van der Waals surface area (Å²) in [7, 11) is 0. The van der Waals surface area contributed by atoms with E-state index in [0.29, 0.717) is 5.82 Å². The van der Waals surface area contributed by atoms with Gasteiger partial charge in [0.2, 0.25) is 0 Å². The molecule has 0 fully saturated rings. The molecule has 2 rings (SSSR count). The molecular formula is C11H15N3S. The summed E-state index contributed by atoms with van der Waals surface area (Å²) in [4.78, 5) is 8.40. The van der Waals surface area contributed by atoms with Crippen molar-refractivity contribution in [3.05, 3.63) is 29.3 Å². The molecule has 3 nitrogen and oxygen atoms in total. The van der Waals surface area contributed by atoms with Gasteiger partial charge < -0.3 is 5.73 Å². The zero-order valence-electron chi connectivity index (χ0n) is 9.19. The molecule has 15 heavy (non-hydrogen) atoms. The molecule has 0 saturated heterocycles. The van der Waals surface area contributed by atoms with Crippen molar-refractivity contribution in [1.29, 1.82) is 0 Å². The fourth-order valence-electron chi connectivity index (χ4n) is 0.998. The third-order valence-electron chi connectivity index (χ3n) is 1.65. The Hall–Kier alpha value is -1.42. The molecule has 0 amide bonds. The SMILES string of the molecule is CC.Cc1ccc(-c2nc(N)cs2)nc1. The smallest absolute Gasteiger partial charge is 0.144 e. The van der Waals surface area contributed by atoms with Gasteiger partial charge in [0.05, 0.1) is 5.69 Å². The number of nitrogens with zero attached hydrogens (tertiary/aromatic N) is 2. The maximum atomic E-state index is 5.52. The van der Waals surface area contributed by atoms with Crippen LogP contribution in [0.3, 0.4) is 0 Å². The van der Waals surface area contributed by atoms with Gasteiger partial charge in [-0.15, -0.1) is 11.3 Å². The van der Waals surface area contributed by atoms with E-state index in [-0.39, 0.29) is 0 Å². The van der Waals surface area contributed by atoms with Gasteiger partial charge in [0.1, 0.15) is 10.8 Å². The number of nitrogen functional groups attached to an aromatic ring is 1. The van der Waals surface area contributed by atoms with Crippen LogP contribution in [-0.2, 0) is 0 Å². The van der Waals surface area contributed by atoms with Gasteiger partial charge in [-0.2, -0.15) is 0 Å². The van der Waals surface area contributed by atoms with E-state index >= 15 is 0 Å². The summed E-state index contributed by atoms with van der Waals surface area (Å²) in [5, 5.41) is 2.69. The zero-order chi connectivity index (χ0) is 11.3. The molecule has 0 radical (unpaired) electrons. The van der Waals surface area contributed by atoms with Gasteiger partial charge in [-0.1, -0.05) is 19.9 Å². The topological polar surface area (TPSA) is 51.8 Å². The first-order valence-corrected chi connectivity index (χ1v) is 5.78. The third-order valence-corrected chi connectivity index (χ3v) is 2.54. The molecule has 0 aliphatic carbocycles. The summed E-state index contributed by atoms with van der Waals surface area (Å²) in [6.45, 7) is 6.01. The number of pyridine rings is 1. The number of hydrogen-bond donors (Lipinski definition) is 1. The highest BCUT2D eigenvalue weighted by molar-refractivity contribution is 7.13. The van der Waals surface area contributed by atoms with Gasteiger partial charge in [0, 0.05) is 11.6 Å². The Morgan fingerprint density at radius 1 is 1.27 bits per heavy atom. The molecule has 0 aromatic carbocycles. The summed E-state index contributed by atoms with van der Waals surface area (Å²) in [5.74, 6) is 0.558. The highest BCUT2D eigenvalue weighted by atomic mass is 32.1. The molecule has 0 spiro atoms. The average Bonchev–Trinajstić information content (AvgIpc) is 2.69. The molecule has 4 heteroatoms. The van der Waals surface area contributed by atoms with Gasteiger partial charge in [-0.25, -0.2) is 4.98 Å². The summed E-state index contributed by atoms with van der Waals surface area (Å²) in [5.41, 5.74) is 7.55. The molecule has 0 saturated carbocycles. The van der Waals surface area contributed by atoms with Crippen LogP contribution in [0.5, 0.6) is 0 Å². The maximum absolute atomic E-state index is 5.52. The fourth-order valence-corrected chi connectivity index (χ4v) is 1.68. The van der Waals surface area contributed by atoms with Crippen molar-refractivity contribution in [1.82, 2.24) is 9.97 Å². The van der Waals surface area contributed by atoms with Gasteiger partial charge in [0.15, 0.2) is 0 Å². The Bertz CT molecular complexity index is 406. The molecular weight excluding hydrogens is 206 g/mol. The van der Waals surface area contributed by atoms with Crippen LogP contribution in [-0.4, -0.2) is 9.97 Å². The van der Waals surface area contributed by atoms with Crippen molar-refractivity contribution in [2.45, 2.75) is 20.8 Å². The monoisotopic (exact) mass is 221 g/mol. The van der Waals surface area contributed by atoms with Crippen LogP contribution in [0, 0.1) is 6.92 Å². The van der Waals surface area contributed by atoms with Crippen molar-refractivity contribution in [3.63, 3.8) is 0 Å². The first-order valence-electron chi connectivity index (χ1n) is 4.90. The molecule has 0 aliphatic rings. The average molecular weight is 221 g/mol. The summed E-state index contributed by atoms with van der Waals surface area (Å²) < 4.78 is 0. The minimum atomic E-state index is 0.558. The van der Waals surface area contributed by atoms with Crippen LogP contribution in [0.4, 0.5) is 5.82 Å². The molecule has 80 valence electrons. The fraction of sp³-hybridized carbons (Fsp3) is 0.273. The molecule has 2 heterocycles. The van der Waals surface area contributed by atoms with Gasteiger partial charge in [-0.05, 0) is 18.6 Å². The van der Waals surface area contributed by atoms with E-state index in [0.717, 1.165) is 16.3 Å². The van der Waals surface area contributed by atoms with E-state index in [4.69, 9.17) is 5.73 Å². The summed E-state index contributed by atoms with van der Waals surface area (Å²) in [6.07, 6.45) is 1.83. The number of thiazole rings is 1. The summed E-state index contributed by atoms with van der Waals surface area (Å²) in [6, 6.07) is 3.97. The zero-order valence-corrected chi connectivity index (χ0v) is 10.0. The van der Waals surface area contributed by atoms with Crippen molar-refractivity contribution in [2.24, 2.45) is 0 Å². The van der Waals surface area contributed by atoms with Crippen LogP contribution in [0.25, 0.3) is 10.7 Å².